The van der Waals surface area contributed by atoms with Crippen molar-refractivity contribution in [3.05, 3.63) is 53.9 Å². The van der Waals surface area contributed by atoms with Crippen LogP contribution in [0.1, 0.15) is 36.4 Å². The fourth-order valence-electron chi connectivity index (χ4n) is 4.47. The molecule has 1 aliphatic rings. The summed E-state index contributed by atoms with van der Waals surface area (Å²) in [7, 11) is 6.34. The van der Waals surface area contributed by atoms with Crippen molar-refractivity contribution >= 4 is 0 Å². The number of hydrogen-bond acceptors (Lipinski definition) is 4. The summed E-state index contributed by atoms with van der Waals surface area (Å²) in [6.07, 6.45) is 8.08. The van der Waals surface area contributed by atoms with Gasteiger partial charge in [0.05, 0.1) is 12.3 Å². The van der Waals surface area contributed by atoms with E-state index in [-0.39, 0.29) is 6.10 Å². The Morgan fingerprint density at radius 1 is 1.26 bits per heavy atom. The van der Waals surface area contributed by atoms with Crippen molar-refractivity contribution in [2.45, 2.75) is 37.8 Å². The number of piperidine rings is 1. The standard InChI is InChI=1S/C22H34N4O/c1-24(17-21(27)12-11-18-8-5-4-6-9-18)15-19-10-7-13-25(2)22(19)20-14-23-26(3)16-20/h4-6,8-9,14,16,19,21-22,27H,7,10-13,15,17H2,1-3H3/t19-,21+,22+/m0/s1. The lowest BCUT2D eigenvalue weighted by Crippen LogP contribution is -2.42. The summed E-state index contributed by atoms with van der Waals surface area (Å²) >= 11 is 0. The third-order valence-corrected chi connectivity index (χ3v) is 5.75. The Kier molecular flexibility index (Phi) is 7.05. The maximum Gasteiger partial charge on any atom is 0.0670 e. The number of likely N-dealkylation sites (tertiary alicyclic amines) is 1. The number of benzene rings is 1. The average molecular weight is 371 g/mol. The first-order valence-electron chi connectivity index (χ1n) is 10.1. The molecule has 0 unspecified atom stereocenters. The third kappa shape index (κ3) is 5.64. The van der Waals surface area contributed by atoms with Gasteiger partial charge in [0, 0.05) is 37.9 Å². The number of rotatable bonds is 8. The molecule has 0 spiro atoms. The first kappa shape index (κ1) is 20.1. The van der Waals surface area contributed by atoms with E-state index in [1.165, 1.54) is 24.0 Å². The van der Waals surface area contributed by atoms with Gasteiger partial charge < -0.3 is 10.0 Å². The number of aromatic nitrogens is 2. The van der Waals surface area contributed by atoms with Gasteiger partial charge in [-0.1, -0.05) is 30.3 Å². The second kappa shape index (κ2) is 9.49. The van der Waals surface area contributed by atoms with Crippen LogP contribution in [-0.4, -0.2) is 64.5 Å². The van der Waals surface area contributed by atoms with E-state index in [2.05, 4.69) is 59.5 Å². The van der Waals surface area contributed by atoms with Crippen LogP contribution in [0.3, 0.4) is 0 Å². The zero-order chi connectivity index (χ0) is 19.2. The highest BCUT2D eigenvalue weighted by Crippen LogP contribution is 2.35. The molecular formula is C22H34N4O. The van der Waals surface area contributed by atoms with Gasteiger partial charge in [0.1, 0.15) is 0 Å². The summed E-state index contributed by atoms with van der Waals surface area (Å²) in [6, 6.07) is 10.8. The molecule has 0 bridgehead atoms. The van der Waals surface area contributed by atoms with Crippen LogP contribution in [0, 0.1) is 5.92 Å². The lowest BCUT2D eigenvalue weighted by Gasteiger charge is -2.40. The topological polar surface area (TPSA) is 44.5 Å². The highest BCUT2D eigenvalue weighted by atomic mass is 16.3. The molecular weight excluding hydrogens is 336 g/mol. The van der Waals surface area contributed by atoms with Gasteiger partial charge in [0.25, 0.3) is 0 Å². The van der Waals surface area contributed by atoms with Crippen LogP contribution in [0.2, 0.25) is 0 Å². The molecule has 3 atom stereocenters. The minimum Gasteiger partial charge on any atom is -0.392 e. The molecule has 0 saturated carbocycles. The third-order valence-electron chi connectivity index (χ3n) is 5.75. The maximum atomic E-state index is 10.5. The van der Waals surface area contributed by atoms with E-state index >= 15 is 0 Å². The number of aryl methyl sites for hydroxylation is 2. The van der Waals surface area contributed by atoms with E-state index < -0.39 is 0 Å². The maximum absolute atomic E-state index is 10.5. The van der Waals surface area contributed by atoms with Crippen LogP contribution < -0.4 is 0 Å². The Labute approximate surface area is 163 Å². The van der Waals surface area contributed by atoms with Gasteiger partial charge in [0.15, 0.2) is 0 Å². The number of nitrogens with zero attached hydrogens (tertiary/aromatic N) is 4. The Morgan fingerprint density at radius 2 is 2.04 bits per heavy atom. The van der Waals surface area contributed by atoms with Crippen molar-refractivity contribution in [1.29, 1.82) is 0 Å². The normalized spacial score (nSPS) is 22.3. The van der Waals surface area contributed by atoms with E-state index in [4.69, 9.17) is 0 Å². The molecule has 0 aliphatic carbocycles. The molecule has 3 rings (SSSR count). The van der Waals surface area contributed by atoms with Crippen molar-refractivity contribution in [2.75, 3.05) is 33.7 Å². The largest absolute Gasteiger partial charge is 0.392 e. The molecule has 0 amide bonds. The first-order valence-corrected chi connectivity index (χ1v) is 10.1. The highest BCUT2D eigenvalue weighted by Gasteiger charge is 2.32. The van der Waals surface area contributed by atoms with Crippen molar-refractivity contribution in [3.63, 3.8) is 0 Å². The summed E-state index contributed by atoms with van der Waals surface area (Å²) in [5, 5.41) is 14.9. The van der Waals surface area contributed by atoms with Crippen molar-refractivity contribution < 1.29 is 5.11 Å². The molecule has 148 valence electrons. The summed E-state index contributed by atoms with van der Waals surface area (Å²) in [5.74, 6) is 0.569. The zero-order valence-corrected chi connectivity index (χ0v) is 17.0. The van der Waals surface area contributed by atoms with Gasteiger partial charge in [-0.2, -0.15) is 5.10 Å². The predicted molar refractivity (Wildman–Crippen MR) is 110 cm³/mol. The predicted octanol–water partition coefficient (Wildman–Crippen LogP) is 2.73. The summed E-state index contributed by atoms with van der Waals surface area (Å²) in [4.78, 5) is 4.77. The van der Waals surface area contributed by atoms with Crippen molar-refractivity contribution in [1.82, 2.24) is 19.6 Å². The van der Waals surface area contributed by atoms with Crippen LogP contribution in [0.4, 0.5) is 0 Å². The monoisotopic (exact) mass is 370 g/mol. The number of likely N-dealkylation sites (N-methyl/N-ethyl adjacent to an activating group) is 1. The molecule has 1 aromatic carbocycles. The van der Waals surface area contributed by atoms with Gasteiger partial charge in [-0.25, -0.2) is 0 Å². The minimum atomic E-state index is -0.284. The van der Waals surface area contributed by atoms with E-state index in [1.54, 1.807) is 0 Å². The van der Waals surface area contributed by atoms with Gasteiger partial charge in [0.2, 0.25) is 0 Å². The second-order valence-electron chi connectivity index (χ2n) is 8.17. The number of aliphatic hydroxyl groups excluding tert-OH is 1. The van der Waals surface area contributed by atoms with Crippen LogP contribution in [0.5, 0.6) is 0 Å². The van der Waals surface area contributed by atoms with Gasteiger partial charge in [-0.15, -0.1) is 0 Å². The SMILES string of the molecule is CN(C[C@H](O)CCc1ccccc1)C[C@@H]1CCCN(C)[C@H]1c1cnn(C)c1. The van der Waals surface area contributed by atoms with Gasteiger partial charge >= 0.3 is 0 Å². The molecule has 2 heterocycles. The molecule has 27 heavy (non-hydrogen) atoms. The minimum absolute atomic E-state index is 0.284. The van der Waals surface area contributed by atoms with E-state index in [1.807, 2.05) is 24.0 Å². The van der Waals surface area contributed by atoms with Crippen LogP contribution in [-0.2, 0) is 13.5 Å². The fourth-order valence-corrected chi connectivity index (χ4v) is 4.47. The first-order chi connectivity index (χ1) is 13.0. The van der Waals surface area contributed by atoms with Crippen LogP contribution in [0.15, 0.2) is 42.7 Å². The summed E-state index contributed by atoms with van der Waals surface area (Å²) in [5.41, 5.74) is 2.60. The lowest BCUT2D eigenvalue weighted by molar-refractivity contribution is 0.0689. The lowest BCUT2D eigenvalue weighted by atomic mass is 9.85. The van der Waals surface area contributed by atoms with Crippen LogP contribution in [0.25, 0.3) is 0 Å². The fraction of sp³-hybridized carbons (Fsp3) is 0.591. The Morgan fingerprint density at radius 3 is 2.74 bits per heavy atom. The molecule has 0 radical (unpaired) electrons. The molecule has 5 nitrogen and oxygen atoms in total. The Balaban J connectivity index is 1.52. The average Bonchev–Trinajstić information content (AvgIpc) is 3.07. The summed E-state index contributed by atoms with van der Waals surface area (Å²) in [6.45, 7) is 2.87. The van der Waals surface area contributed by atoms with Crippen molar-refractivity contribution in [3.8, 4) is 0 Å². The van der Waals surface area contributed by atoms with E-state index in [0.29, 0.717) is 12.0 Å². The van der Waals surface area contributed by atoms with E-state index in [0.717, 1.165) is 32.5 Å². The second-order valence-corrected chi connectivity index (χ2v) is 8.17. The highest BCUT2D eigenvalue weighted by molar-refractivity contribution is 5.15. The summed E-state index contributed by atoms with van der Waals surface area (Å²) < 4.78 is 1.89. The number of aliphatic hydroxyl groups is 1. The van der Waals surface area contributed by atoms with Gasteiger partial charge in [-0.3, -0.25) is 9.58 Å². The van der Waals surface area contributed by atoms with Gasteiger partial charge in [-0.05, 0) is 57.8 Å². The smallest absolute Gasteiger partial charge is 0.0670 e. The van der Waals surface area contributed by atoms with Crippen molar-refractivity contribution in [2.24, 2.45) is 13.0 Å². The Hall–Kier alpha value is -1.69. The zero-order valence-electron chi connectivity index (χ0n) is 17.0. The van der Waals surface area contributed by atoms with Crippen LogP contribution >= 0.6 is 0 Å². The molecule has 2 aromatic rings. The molecule has 1 fully saturated rings. The molecule has 1 aromatic heterocycles. The number of hydrogen-bond donors (Lipinski definition) is 1. The molecule has 1 aliphatic heterocycles. The van der Waals surface area contributed by atoms with E-state index in [9.17, 15) is 5.11 Å². The molecule has 5 heteroatoms. The molecule has 1 N–H and O–H groups in total. The Bertz CT molecular complexity index is 687. The quantitative estimate of drug-likeness (QED) is 0.776. The molecule has 1 saturated heterocycles.